The predicted molar refractivity (Wildman–Crippen MR) is 158 cm³/mol. The van der Waals surface area contributed by atoms with Crippen molar-refractivity contribution in [2.45, 2.75) is 40.2 Å². The summed E-state index contributed by atoms with van der Waals surface area (Å²) in [5, 5.41) is 25.5. The van der Waals surface area contributed by atoms with E-state index in [0.29, 0.717) is 29.0 Å². The molecular formula is C24H26I2N6O2S. The van der Waals surface area contributed by atoms with Gasteiger partial charge in [-0.05, 0) is 118 Å². The van der Waals surface area contributed by atoms with Crippen molar-refractivity contribution in [1.29, 1.82) is 5.41 Å². The number of pyridine rings is 1. The lowest BCUT2D eigenvalue weighted by Gasteiger charge is -2.20. The van der Waals surface area contributed by atoms with E-state index in [4.69, 9.17) is 5.41 Å². The average molecular weight is 716 g/mol. The van der Waals surface area contributed by atoms with E-state index in [0.717, 1.165) is 32.8 Å². The average Bonchev–Trinajstić information content (AvgIpc) is 3.36. The Bertz CT molecular complexity index is 1310. The summed E-state index contributed by atoms with van der Waals surface area (Å²) in [5.74, 6) is 0.491. The summed E-state index contributed by atoms with van der Waals surface area (Å²) in [6.45, 7) is 8.64. The molecule has 0 saturated heterocycles. The zero-order chi connectivity index (χ0) is 25.4. The molecule has 2 aromatic heterocycles. The Morgan fingerprint density at radius 3 is 2.69 bits per heavy atom. The smallest absolute Gasteiger partial charge is 0.276 e. The van der Waals surface area contributed by atoms with Gasteiger partial charge < -0.3 is 20.6 Å². The lowest BCUT2D eigenvalue weighted by atomic mass is 10.1. The molecule has 1 unspecified atom stereocenters. The molecular weight excluding hydrogens is 690 g/mol. The van der Waals surface area contributed by atoms with E-state index < -0.39 is 0 Å². The summed E-state index contributed by atoms with van der Waals surface area (Å²) < 4.78 is 6.27. The molecule has 0 bridgehead atoms. The first-order valence-corrected chi connectivity index (χ1v) is 14.1. The number of halogens is 2. The molecule has 0 spiro atoms. The van der Waals surface area contributed by atoms with Gasteiger partial charge in [-0.15, -0.1) is 0 Å². The number of carbonyl (C=O) groups excluding carboxylic acids is 1. The van der Waals surface area contributed by atoms with Crippen LogP contribution in [0.5, 0.6) is 5.88 Å². The Morgan fingerprint density at radius 2 is 1.97 bits per heavy atom. The number of hydrogen-bond acceptors (Lipinski definition) is 7. The zero-order valence-corrected chi connectivity index (χ0v) is 24.9. The summed E-state index contributed by atoms with van der Waals surface area (Å²) in [6, 6.07) is 7.82. The van der Waals surface area contributed by atoms with Crippen molar-refractivity contribution >= 4 is 85.0 Å². The first kappa shape index (κ1) is 26.1. The molecule has 1 amide bonds. The van der Waals surface area contributed by atoms with Gasteiger partial charge in [0.15, 0.2) is 0 Å². The van der Waals surface area contributed by atoms with Gasteiger partial charge in [0.2, 0.25) is 5.88 Å². The van der Waals surface area contributed by atoms with Gasteiger partial charge in [0.25, 0.3) is 5.91 Å². The Kier molecular flexibility index (Phi) is 7.86. The summed E-state index contributed by atoms with van der Waals surface area (Å²) in [4.78, 5) is 19.9. The molecule has 184 valence electrons. The molecule has 0 fully saturated rings. The summed E-state index contributed by atoms with van der Waals surface area (Å²) >= 11 is 5.65. The van der Waals surface area contributed by atoms with Gasteiger partial charge in [-0.25, -0.2) is 4.98 Å². The number of amides is 1. The third kappa shape index (κ3) is 5.56. The van der Waals surface area contributed by atoms with Crippen LogP contribution in [0.3, 0.4) is 0 Å². The minimum Gasteiger partial charge on any atom is -0.492 e. The number of nitrogens with zero attached hydrogens (tertiary/aromatic N) is 3. The van der Waals surface area contributed by atoms with E-state index in [1.165, 1.54) is 9.13 Å². The normalized spacial score (nSPS) is 13.6. The van der Waals surface area contributed by atoms with Gasteiger partial charge in [0.05, 0.1) is 0 Å². The fourth-order valence-corrected chi connectivity index (χ4v) is 6.58. The minimum absolute atomic E-state index is 0.0467. The van der Waals surface area contributed by atoms with Crippen LogP contribution in [0.4, 0.5) is 16.5 Å². The maximum Gasteiger partial charge on any atom is 0.276 e. The Labute approximate surface area is 235 Å². The van der Waals surface area contributed by atoms with Crippen molar-refractivity contribution in [3.05, 3.63) is 53.8 Å². The zero-order valence-electron chi connectivity index (χ0n) is 19.7. The van der Waals surface area contributed by atoms with Gasteiger partial charge in [0, 0.05) is 25.4 Å². The van der Waals surface area contributed by atoms with E-state index in [1.54, 1.807) is 11.0 Å². The van der Waals surface area contributed by atoms with Crippen molar-refractivity contribution in [3.63, 3.8) is 0 Å². The molecule has 11 heteroatoms. The van der Waals surface area contributed by atoms with Crippen LogP contribution in [0.25, 0.3) is 0 Å². The van der Waals surface area contributed by atoms with Crippen LogP contribution in [0.2, 0.25) is 0 Å². The third-order valence-corrected chi connectivity index (χ3v) is 8.32. The van der Waals surface area contributed by atoms with Gasteiger partial charge >= 0.3 is 0 Å². The highest BCUT2D eigenvalue weighted by atomic mass is 127. The standard InChI is InChI=1S/C24H26I2N6O2S/c1-11(2)13(4)28-21(27)20-22(33)31-35-23(20)30-19-8-12(3)7-17(29-19)24(34)32-6-5-15-16(26)9-14(25)10-18(15)32/h7-11,13H,5-6H2,1-4H3,(H2,27,28)(H,29,30)(H,31,33). The molecule has 35 heavy (non-hydrogen) atoms. The predicted octanol–water partition coefficient (Wildman–Crippen LogP) is 5.67. The Hall–Kier alpha value is -2.00. The minimum atomic E-state index is -0.215. The first-order valence-electron chi connectivity index (χ1n) is 11.1. The number of hydrogen-bond donors (Lipinski definition) is 4. The first-order chi connectivity index (χ1) is 16.5. The third-order valence-electron chi connectivity index (χ3n) is 5.98. The SMILES string of the molecule is Cc1cc(Nc2snc(O)c2C(=N)NC(C)C(C)C)nc(C(=O)N2CCc3c(I)cc(I)cc32)c1. The highest BCUT2D eigenvalue weighted by molar-refractivity contribution is 14.1. The summed E-state index contributed by atoms with van der Waals surface area (Å²) in [5.41, 5.74) is 3.64. The number of rotatable bonds is 6. The highest BCUT2D eigenvalue weighted by Gasteiger charge is 2.29. The largest absolute Gasteiger partial charge is 0.492 e. The van der Waals surface area contributed by atoms with Crippen molar-refractivity contribution < 1.29 is 9.90 Å². The summed E-state index contributed by atoms with van der Waals surface area (Å²) in [6.07, 6.45) is 0.820. The molecule has 8 nitrogen and oxygen atoms in total. The van der Waals surface area contributed by atoms with Gasteiger partial charge in [0.1, 0.15) is 27.9 Å². The number of benzene rings is 1. The Morgan fingerprint density at radius 1 is 1.23 bits per heavy atom. The van der Waals surface area contributed by atoms with Crippen LogP contribution in [0, 0.1) is 25.4 Å². The molecule has 1 aliphatic heterocycles. The van der Waals surface area contributed by atoms with Crippen LogP contribution in [-0.2, 0) is 6.42 Å². The molecule has 0 radical (unpaired) electrons. The maximum atomic E-state index is 13.5. The molecule has 3 heterocycles. The number of aryl methyl sites for hydroxylation is 1. The lowest BCUT2D eigenvalue weighted by Crippen LogP contribution is -2.36. The second-order valence-electron chi connectivity index (χ2n) is 8.89. The maximum absolute atomic E-state index is 13.5. The van der Waals surface area contributed by atoms with Crippen LogP contribution in [0.1, 0.15) is 48.0 Å². The van der Waals surface area contributed by atoms with E-state index in [9.17, 15) is 9.90 Å². The lowest BCUT2D eigenvalue weighted by molar-refractivity contribution is 0.0984. The van der Waals surface area contributed by atoms with Crippen molar-refractivity contribution in [2.24, 2.45) is 5.92 Å². The van der Waals surface area contributed by atoms with Crippen molar-refractivity contribution in [2.75, 3.05) is 16.8 Å². The number of nitrogens with one attached hydrogen (secondary N) is 3. The summed E-state index contributed by atoms with van der Waals surface area (Å²) in [7, 11) is 0. The van der Waals surface area contributed by atoms with Gasteiger partial charge in [-0.2, -0.15) is 4.37 Å². The van der Waals surface area contributed by atoms with E-state index in [2.05, 4.69) is 85.1 Å². The number of aromatic nitrogens is 2. The molecule has 3 aromatic rings. The van der Waals surface area contributed by atoms with Crippen LogP contribution >= 0.6 is 56.7 Å². The fourth-order valence-electron chi connectivity index (χ4n) is 3.79. The molecule has 0 aliphatic carbocycles. The number of amidine groups is 1. The van der Waals surface area contributed by atoms with Crippen molar-refractivity contribution in [1.82, 2.24) is 14.7 Å². The van der Waals surface area contributed by atoms with Crippen molar-refractivity contribution in [3.8, 4) is 5.88 Å². The number of aromatic hydroxyl groups is 1. The van der Waals surface area contributed by atoms with Gasteiger partial charge in [-0.3, -0.25) is 10.2 Å². The molecule has 1 aromatic carbocycles. The monoisotopic (exact) mass is 716 g/mol. The molecule has 1 aliphatic rings. The fraction of sp³-hybridized carbons (Fsp3) is 0.333. The Balaban J connectivity index is 1.61. The van der Waals surface area contributed by atoms with E-state index in [-0.39, 0.29) is 29.2 Å². The molecule has 1 atom stereocenters. The second-order valence-corrected chi connectivity index (χ2v) is 12.1. The van der Waals surface area contributed by atoms with Gasteiger partial charge in [-0.1, -0.05) is 13.8 Å². The van der Waals surface area contributed by atoms with Crippen LogP contribution in [-0.4, -0.2) is 38.8 Å². The second kappa shape index (κ2) is 10.5. The van der Waals surface area contributed by atoms with E-state index >= 15 is 0 Å². The molecule has 4 rings (SSSR count). The number of fused-ring (bicyclic) bond motifs is 1. The van der Waals surface area contributed by atoms with Crippen LogP contribution < -0.4 is 15.5 Å². The topological polar surface area (TPSA) is 114 Å². The molecule has 0 saturated carbocycles. The number of anilines is 3. The van der Waals surface area contributed by atoms with E-state index in [1.807, 2.05) is 26.0 Å². The molecule has 4 N–H and O–H groups in total. The quantitative estimate of drug-likeness (QED) is 0.149. The number of carbonyl (C=O) groups is 1. The van der Waals surface area contributed by atoms with Crippen LogP contribution in [0.15, 0.2) is 24.3 Å². The highest BCUT2D eigenvalue weighted by Crippen LogP contribution is 2.35.